The van der Waals surface area contributed by atoms with E-state index >= 15 is 0 Å². The van der Waals surface area contributed by atoms with Gasteiger partial charge in [-0.25, -0.2) is 0 Å². The van der Waals surface area contributed by atoms with Gasteiger partial charge in [0.1, 0.15) is 0 Å². The number of benzene rings is 1. The van der Waals surface area contributed by atoms with Crippen molar-refractivity contribution in [3.05, 3.63) is 29.8 Å². The molecule has 1 atom stereocenters. The molecule has 1 aliphatic heterocycles. The maximum absolute atomic E-state index is 11.8. The number of piperidine rings is 1. The van der Waals surface area contributed by atoms with Crippen LogP contribution in [-0.2, 0) is 4.79 Å². The number of carbonyl (C=O) groups excluding carboxylic acids is 1. The van der Waals surface area contributed by atoms with Gasteiger partial charge in [-0.05, 0) is 37.9 Å². The number of carbonyl (C=O) groups is 1. The molecule has 5 heteroatoms. The maximum atomic E-state index is 11.8. The lowest BCUT2D eigenvalue weighted by atomic mass is 10.1. The molecule has 1 fully saturated rings. The summed E-state index contributed by atoms with van der Waals surface area (Å²) in [5.41, 5.74) is 1.23. The van der Waals surface area contributed by atoms with E-state index in [-0.39, 0.29) is 18.3 Å². The van der Waals surface area contributed by atoms with E-state index in [0.717, 1.165) is 25.9 Å². The quantitative estimate of drug-likeness (QED) is 0.839. The zero-order valence-electron chi connectivity index (χ0n) is 11.1. The third-order valence-electron chi connectivity index (χ3n) is 3.11. The van der Waals surface area contributed by atoms with Crippen molar-refractivity contribution >= 4 is 30.1 Å². The highest BCUT2D eigenvalue weighted by Crippen LogP contribution is 2.21. The van der Waals surface area contributed by atoms with Gasteiger partial charge in [0.25, 0.3) is 0 Å². The lowest BCUT2D eigenvalue weighted by Crippen LogP contribution is -2.46. The smallest absolute Gasteiger partial charge is 0.230 e. The first-order chi connectivity index (χ1) is 8.75. The average molecular weight is 301 g/mol. The largest absolute Gasteiger partial charge is 0.351 e. The van der Waals surface area contributed by atoms with Crippen molar-refractivity contribution < 1.29 is 4.79 Å². The average Bonchev–Trinajstić information content (AvgIpc) is 2.39. The molecule has 1 aliphatic rings. The second-order valence-electron chi connectivity index (χ2n) is 4.66. The number of amides is 1. The molecular formula is C14H21ClN2OS. The number of hydrogen-bond donors (Lipinski definition) is 2. The van der Waals surface area contributed by atoms with Crippen LogP contribution in [0.15, 0.2) is 29.2 Å². The van der Waals surface area contributed by atoms with Gasteiger partial charge in [-0.3, -0.25) is 4.79 Å². The first-order valence-electron chi connectivity index (χ1n) is 6.44. The van der Waals surface area contributed by atoms with Crippen molar-refractivity contribution in [3.8, 4) is 0 Å². The molecule has 0 spiro atoms. The summed E-state index contributed by atoms with van der Waals surface area (Å²) in [6.45, 7) is 4.05. The molecular weight excluding hydrogens is 280 g/mol. The molecule has 0 radical (unpaired) electrons. The van der Waals surface area contributed by atoms with Gasteiger partial charge < -0.3 is 10.6 Å². The standard InChI is InChI=1S/C14H20N2OS.ClH/c1-11-5-2-3-7-13(11)18-10-14(17)16-12-6-4-8-15-9-12;/h2-3,5,7,12,15H,4,6,8-10H2,1H3,(H,16,17);1H. The summed E-state index contributed by atoms with van der Waals surface area (Å²) >= 11 is 1.61. The van der Waals surface area contributed by atoms with E-state index < -0.39 is 0 Å². The summed E-state index contributed by atoms with van der Waals surface area (Å²) in [4.78, 5) is 13.0. The van der Waals surface area contributed by atoms with E-state index in [2.05, 4.69) is 29.7 Å². The molecule has 2 rings (SSSR count). The minimum absolute atomic E-state index is 0. The van der Waals surface area contributed by atoms with Crippen molar-refractivity contribution in [2.45, 2.75) is 30.7 Å². The summed E-state index contributed by atoms with van der Waals surface area (Å²) in [6, 6.07) is 8.48. The molecule has 0 bridgehead atoms. The van der Waals surface area contributed by atoms with Gasteiger partial charge in [0.05, 0.1) is 5.75 Å². The van der Waals surface area contributed by atoms with E-state index in [0.29, 0.717) is 11.8 Å². The van der Waals surface area contributed by atoms with Crippen LogP contribution < -0.4 is 10.6 Å². The van der Waals surface area contributed by atoms with E-state index in [1.807, 2.05) is 12.1 Å². The Morgan fingerprint density at radius 1 is 1.47 bits per heavy atom. The Labute approximate surface area is 125 Å². The number of halogens is 1. The van der Waals surface area contributed by atoms with Gasteiger partial charge in [-0.1, -0.05) is 18.2 Å². The van der Waals surface area contributed by atoms with Crippen LogP contribution in [0.5, 0.6) is 0 Å². The van der Waals surface area contributed by atoms with Crippen LogP contribution in [0, 0.1) is 6.92 Å². The Bertz CT molecular complexity index is 408. The van der Waals surface area contributed by atoms with Crippen LogP contribution in [0.3, 0.4) is 0 Å². The van der Waals surface area contributed by atoms with Crippen LogP contribution in [0.4, 0.5) is 0 Å². The van der Waals surface area contributed by atoms with Crippen LogP contribution in [0.1, 0.15) is 18.4 Å². The summed E-state index contributed by atoms with van der Waals surface area (Å²) in [6.07, 6.45) is 2.24. The number of thioether (sulfide) groups is 1. The van der Waals surface area contributed by atoms with Crippen molar-refractivity contribution in [2.24, 2.45) is 0 Å². The molecule has 1 amide bonds. The second kappa shape index (κ2) is 8.46. The Hall–Kier alpha value is -0.710. The second-order valence-corrected chi connectivity index (χ2v) is 5.68. The molecule has 0 aliphatic carbocycles. The lowest BCUT2D eigenvalue weighted by Gasteiger charge is -2.23. The van der Waals surface area contributed by atoms with Gasteiger partial charge in [0.2, 0.25) is 5.91 Å². The lowest BCUT2D eigenvalue weighted by molar-refractivity contribution is -0.119. The summed E-state index contributed by atoms with van der Waals surface area (Å²) in [5, 5.41) is 6.39. The fraction of sp³-hybridized carbons (Fsp3) is 0.500. The predicted molar refractivity (Wildman–Crippen MR) is 83.2 cm³/mol. The highest BCUT2D eigenvalue weighted by Gasteiger charge is 2.15. The molecule has 3 nitrogen and oxygen atoms in total. The molecule has 106 valence electrons. The Morgan fingerprint density at radius 3 is 2.95 bits per heavy atom. The van der Waals surface area contributed by atoms with Gasteiger partial charge in [-0.2, -0.15) is 0 Å². The Kier molecular flexibility index (Phi) is 7.28. The zero-order chi connectivity index (χ0) is 12.8. The molecule has 1 heterocycles. The van der Waals surface area contributed by atoms with E-state index in [9.17, 15) is 4.79 Å². The highest BCUT2D eigenvalue weighted by atomic mass is 35.5. The fourth-order valence-electron chi connectivity index (χ4n) is 2.11. The summed E-state index contributed by atoms with van der Waals surface area (Å²) < 4.78 is 0. The van der Waals surface area contributed by atoms with Crippen molar-refractivity contribution in [1.29, 1.82) is 0 Å². The Balaban J connectivity index is 0.00000180. The first-order valence-corrected chi connectivity index (χ1v) is 7.43. The topological polar surface area (TPSA) is 41.1 Å². The predicted octanol–water partition coefficient (Wildman–Crippen LogP) is 2.38. The number of rotatable bonds is 4. The maximum Gasteiger partial charge on any atom is 0.230 e. The van der Waals surface area contributed by atoms with Gasteiger partial charge in [-0.15, -0.1) is 24.2 Å². The molecule has 2 N–H and O–H groups in total. The van der Waals surface area contributed by atoms with Crippen LogP contribution in [0.2, 0.25) is 0 Å². The van der Waals surface area contributed by atoms with Crippen molar-refractivity contribution in [3.63, 3.8) is 0 Å². The molecule has 1 aromatic carbocycles. The van der Waals surface area contributed by atoms with E-state index in [4.69, 9.17) is 0 Å². The zero-order valence-corrected chi connectivity index (χ0v) is 12.8. The van der Waals surface area contributed by atoms with Gasteiger partial charge in [0.15, 0.2) is 0 Å². The minimum Gasteiger partial charge on any atom is -0.351 e. The highest BCUT2D eigenvalue weighted by molar-refractivity contribution is 8.00. The number of aryl methyl sites for hydroxylation is 1. The number of nitrogens with one attached hydrogen (secondary N) is 2. The Morgan fingerprint density at radius 2 is 2.26 bits per heavy atom. The molecule has 1 aromatic rings. The van der Waals surface area contributed by atoms with Crippen molar-refractivity contribution in [2.75, 3.05) is 18.8 Å². The molecule has 0 aromatic heterocycles. The molecule has 19 heavy (non-hydrogen) atoms. The van der Waals surface area contributed by atoms with E-state index in [1.165, 1.54) is 10.5 Å². The summed E-state index contributed by atoms with van der Waals surface area (Å²) in [7, 11) is 0. The fourth-order valence-corrected chi connectivity index (χ4v) is 2.95. The van der Waals surface area contributed by atoms with Crippen molar-refractivity contribution in [1.82, 2.24) is 10.6 Å². The minimum atomic E-state index is 0. The number of hydrogen-bond acceptors (Lipinski definition) is 3. The van der Waals surface area contributed by atoms with Gasteiger partial charge >= 0.3 is 0 Å². The molecule has 0 saturated carbocycles. The first kappa shape index (κ1) is 16.3. The summed E-state index contributed by atoms with van der Waals surface area (Å²) in [5.74, 6) is 0.637. The SMILES string of the molecule is Cc1ccccc1SCC(=O)NC1CCCNC1.Cl. The van der Waals surface area contributed by atoms with Crippen LogP contribution in [0.25, 0.3) is 0 Å². The van der Waals surface area contributed by atoms with Crippen LogP contribution in [-0.4, -0.2) is 30.8 Å². The molecule has 1 unspecified atom stereocenters. The monoisotopic (exact) mass is 300 g/mol. The van der Waals surface area contributed by atoms with Gasteiger partial charge in [0, 0.05) is 17.5 Å². The third kappa shape index (κ3) is 5.43. The van der Waals surface area contributed by atoms with E-state index in [1.54, 1.807) is 11.8 Å². The third-order valence-corrected chi connectivity index (χ3v) is 4.29. The molecule has 1 saturated heterocycles. The van der Waals surface area contributed by atoms with Crippen LogP contribution >= 0.6 is 24.2 Å². The normalized spacial score (nSPS) is 18.5.